The van der Waals surface area contributed by atoms with Crippen molar-refractivity contribution in [2.24, 2.45) is 0 Å². The first-order valence-corrected chi connectivity index (χ1v) is 8.69. The molecule has 0 saturated heterocycles. The second-order valence-corrected chi connectivity index (χ2v) is 6.58. The van der Waals surface area contributed by atoms with Gasteiger partial charge in [0.15, 0.2) is 0 Å². The first kappa shape index (κ1) is 21.1. The molecule has 0 bridgehead atoms. The number of hydrogen-bond acceptors (Lipinski definition) is 5. The van der Waals surface area contributed by atoms with E-state index in [0.29, 0.717) is 11.3 Å². The summed E-state index contributed by atoms with van der Waals surface area (Å²) in [5.74, 6) is -2.97. The summed E-state index contributed by atoms with van der Waals surface area (Å²) in [6.45, 7) is 0.608. The number of carbonyl (C=O) groups excluding carboxylic acids is 2. The third-order valence-corrected chi connectivity index (χ3v) is 4.73. The highest BCUT2D eigenvalue weighted by molar-refractivity contribution is 6.07. The number of benzene rings is 1. The highest BCUT2D eigenvalue weighted by atomic mass is 19.4. The van der Waals surface area contributed by atoms with Crippen LogP contribution in [0.2, 0.25) is 0 Å². The van der Waals surface area contributed by atoms with E-state index < -0.39 is 46.2 Å². The molecule has 0 saturated carbocycles. The van der Waals surface area contributed by atoms with Crippen molar-refractivity contribution < 1.29 is 27.5 Å². The minimum atomic E-state index is -5.34. The van der Waals surface area contributed by atoms with Crippen molar-refractivity contribution in [3.8, 4) is 5.75 Å². The zero-order valence-corrected chi connectivity index (χ0v) is 15.8. The van der Waals surface area contributed by atoms with Gasteiger partial charge in [0, 0.05) is 13.5 Å². The first-order valence-electron chi connectivity index (χ1n) is 8.69. The van der Waals surface area contributed by atoms with Crippen molar-refractivity contribution in [2.75, 3.05) is 12.4 Å². The summed E-state index contributed by atoms with van der Waals surface area (Å²) in [4.78, 5) is 50.3. The maximum Gasteiger partial charge on any atom is 0.425 e. The summed E-state index contributed by atoms with van der Waals surface area (Å²) >= 11 is 0. The molecule has 1 aromatic heterocycles. The molecule has 1 unspecified atom stereocenters. The van der Waals surface area contributed by atoms with Crippen molar-refractivity contribution in [1.82, 2.24) is 14.9 Å². The summed E-state index contributed by atoms with van der Waals surface area (Å²) in [6, 6.07) is 6.80. The minimum Gasteiger partial charge on any atom is -0.496 e. The zero-order valence-electron chi connectivity index (χ0n) is 15.8. The van der Waals surface area contributed by atoms with Crippen molar-refractivity contribution in [1.29, 1.82) is 0 Å². The van der Waals surface area contributed by atoms with Gasteiger partial charge in [0.2, 0.25) is 11.4 Å². The summed E-state index contributed by atoms with van der Waals surface area (Å²) in [6.07, 6.45) is -5.19. The molecule has 2 amide bonds. The van der Waals surface area contributed by atoms with E-state index in [-0.39, 0.29) is 13.0 Å². The van der Waals surface area contributed by atoms with E-state index in [9.17, 15) is 32.3 Å². The third-order valence-electron chi connectivity index (χ3n) is 4.73. The molecule has 1 atom stereocenters. The number of nitrogens with zero attached hydrogens (tertiary/aromatic N) is 1. The van der Waals surface area contributed by atoms with Gasteiger partial charge in [0.25, 0.3) is 11.5 Å². The predicted octanol–water partition coefficient (Wildman–Crippen LogP) is 0.634. The standard InChI is InChI=1S/C18H17F3N4O5/c1-9(26)24-17(18(19,20)21)12-13(22-15(17)28)25(16(29)23-14(12)27)8-7-10-5-3-4-6-11(10)30-2/h3-6H,7-8H2,1-2H3,(H,22,28)(H,24,26)(H,23,27,29). The first-order chi connectivity index (χ1) is 14.0. The Hall–Kier alpha value is -3.57. The summed E-state index contributed by atoms with van der Waals surface area (Å²) < 4.78 is 47.8. The van der Waals surface area contributed by atoms with Gasteiger partial charge < -0.3 is 15.4 Å². The molecule has 0 aliphatic carbocycles. The molecule has 2 heterocycles. The van der Waals surface area contributed by atoms with Crippen LogP contribution in [0, 0.1) is 0 Å². The molecule has 0 fully saturated rings. The fraction of sp³-hybridized carbons (Fsp3) is 0.333. The summed E-state index contributed by atoms with van der Waals surface area (Å²) in [7, 11) is 1.44. The number of hydrogen-bond donors (Lipinski definition) is 3. The topological polar surface area (TPSA) is 122 Å². The van der Waals surface area contributed by atoms with E-state index in [0.717, 1.165) is 11.5 Å². The molecule has 30 heavy (non-hydrogen) atoms. The number of para-hydroxylation sites is 1. The van der Waals surface area contributed by atoms with E-state index in [4.69, 9.17) is 4.74 Å². The van der Waals surface area contributed by atoms with Crippen LogP contribution >= 0.6 is 0 Å². The molecule has 1 aliphatic heterocycles. The minimum absolute atomic E-state index is 0.150. The maximum absolute atomic E-state index is 13.9. The van der Waals surface area contributed by atoms with Crippen LogP contribution < -0.4 is 26.6 Å². The van der Waals surface area contributed by atoms with Crippen LogP contribution in [0.15, 0.2) is 33.9 Å². The highest BCUT2D eigenvalue weighted by Gasteiger charge is 2.68. The molecule has 0 radical (unpaired) electrons. The van der Waals surface area contributed by atoms with E-state index in [1.807, 2.05) is 5.32 Å². The average Bonchev–Trinajstić information content (AvgIpc) is 2.94. The number of ether oxygens (including phenoxy) is 1. The number of rotatable bonds is 5. The SMILES string of the molecule is COc1ccccc1CCn1c2c(c(=O)[nH]c1=O)C(NC(C)=O)(C(F)(F)F)C(=O)N2. The van der Waals surface area contributed by atoms with E-state index >= 15 is 0 Å². The number of fused-ring (bicyclic) bond motifs is 1. The van der Waals surface area contributed by atoms with Gasteiger partial charge in [0.1, 0.15) is 17.1 Å². The molecule has 12 heteroatoms. The monoisotopic (exact) mass is 426 g/mol. The molecule has 0 spiro atoms. The lowest BCUT2D eigenvalue weighted by molar-refractivity contribution is -0.200. The van der Waals surface area contributed by atoms with Crippen LogP contribution in [-0.2, 0) is 28.1 Å². The van der Waals surface area contributed by atoms with Crippen molar-refractivity contribution in [3.63, 3.8) is 0 Å². The van der Waals surface area contributed by atoms with Crippen LogP contribution in [0.25, 0.3) is 0 Å². The number of alkyl halides is 3. The van der Waals surface area contributed by atoms with Crippen LogP contribution in [-0.4, -0.2) is 34.7 Å². The van der Waals surface area contributed by atoms with Gasteiger partial charge in [-0.05, 0) is 18.1 Å². The molecule has 3 N–H and O–H groups in total. The van der Waals surface area contributed by atoms with Crippen molar-refractivity contribution in [2.45, 2.75) is 31.6 Å². The number of amides is 2. The van der Waals surface area contributed by atoms with Crippen LogP contribution in [0.1, 0.15) is 18.1 Å². The molecule has 160 valence electrons. The molecule has 3 rings (SSSR count). The number of nitrogens with one attached hydrogen (secondary N) is 3. The van der Waals surface area contributed by atoms with E-state index in [1.54, 1.807) is 34.6 Å². The lowest BCUT2D eigenvalue weighted by Crippen LogP contribution is -2.61. The van der Waals surface area contributed by atoms with Gasteiger partial charge >= 0.3 is 11.9 Å². The lowest BCUT2D eigenvalue weighted by atomic mass is 9.92. The number of aromatic amines is 1. The van der Waals surface area contributed by atoms with Crippen LogP contribution in [0.5, 0.6) is 5.75 Å². The fourth-order valence-electron chi connectivity index (χ4n) is 3.44. The largest absolute Gasteiger partial charge is 0.496 e. The lowest BCUT2D eigenvalue weighted by Gasteiger charge is -2.29. The number of aromatic nitrogens is 2. The Morgan fingerprint density at radius 3 is 2.50 bits per heavy atom. The number of aryl methyl sites for hydroxylation is 1. The van der Waals surface area contributed by atoms with Gasteiger partial charge in [-0.1, -0.05) is 18.2 Å². The Kier molecular flexibility index (Phi) is 5.18. The highest BCUT2D eigenvalue weighted by Crippen LogP contribution is 2.44. The fourth-order valence-corrected chi connectivity index (χ4v) is 3.44. The Morgan fingerprint density at radius 1 is 1.23 bits per heavy atom. The Balaban J connectivity index is 2.16. The quantitative estimate of drug-likeness (QED) is 0.648. The Bertz CT molecular complexity index is 1140. The van der Waals surface area contributed by atoms with Crippen LogP contribution in [0.3, 0.4) is 0 Å². The number of carbonyl (C=O) groups is 2. The van der Waals surface area contributed by atoms with Crippen molar-refractivity contribution >= 4 is 17.6 Å². The van der Waals surface area contributed by atoms with Gasteiger partial charge in [-0.15, -0.1) is 0 Å². The van der Waals surface area contributed by atoms with E-state index in [2.05, 4.69) is 0 Å². The third kappa shape index (κ3) is 3.23. The molecule has 2 aromatic rings. The van der Waals surface area contributed by atoms with Crippen LogP contribution in [0.4, 0.5) is 19.0 Å². The molecule has 1 aliphatic rings. The zero-order chi connectivity index (χ0) is 22.3. The van der Waals surface area contributed by atoms with Gasteiger partial charge in [-0.2, -0.15) is 13.2 Å². The smallest absolute Gasteiger partial charge is 0.425 e. The van der Waals surface area contributed by atoms with Gasteiger partial charge in [-0.25, -0.2) is 4.79 Å². The Labute approximate surface area is 166 Å². The predicted molar refractivity (Wildman–Crippen MR) is 98.2 cm³/mol. The second-order valence-electron chi connectivity index (χ2n) is 6.58. The summed E-state index contributed by atoms with van der Waals surface area (Å²) in [5.41, 5.74) is -6.47. The maximum atomic E-state index is 13.9. The number of anilines is 1. The Morgan fingerprint density at radius 2 is 1.90 bits per heavy atom. The van der Waals surface area contributed by atoms with Gasteiger partial charge in [-0.3, -0.25) is 23.9 Å². The number of H-pyrrole nitrogens is 1. The summed E-state index contributed by atoms with van der Waals surface area (Å²) in [5, 5.41) is 3.50. The average molecular weight is 426 g/mol. The number of halogens is 3. The number of methoxy groups -OCH3 is 1. The normalized spacial score (nSPS) is 18.0. The van der Waals surface area contributed by atoms with Gasteiger partial charge in [0.05, 0.1) is 7.11 Å². The second kappa shape index (κ2) is 7.35. The van der Waals surface area contributed by atoms with Crippen molar-refractivity contribution in [3.05, 3.63) is 56.2 Å². The molecule has 1 aromatic carbocycles. The molecular weight excluding hydrogens is 409 g/mol. The molecular formula is C18H17F3N4O5. The molecule has 9 nitrogen and oxygen atoms in total. The van der Waals surface area contributed by atoms with E-state index in [1.165, 1.54) is 7.11 Å².